The van der Waals surface area contributed by atoms with Gasteiger partial charge in [0.25, 0.3) is 0 Å². The van der Waals surface area contributed by atoms with Crippen LogP contribution in [0.4, 0.5) is 11.4 Å². The van der Waals surface area contributed by atoms with Crippen LogP contribution in [0, 0.1) is 18.3 Å². The number of halogens is 1. The topological polar surface area (TPSA) is 55.1 Å². The predicted octanol–water partition coefficient (Wildman–Crippen LogP) is 4.49. The fraction of sp³-hybridized carbons (Fsp3) is 0.562. The van der Waals surface area contributed by atoms with Crippen molar-refractivity contribution in [3.63, 3.8) is 0 Å². The minimum Gasteiger partial charge on any atom is -0.398 e. The van der Waals surface area contributed by atoms with E-state index in [2.05, 4.69) is 35.1 Å². The molecule has 110 valence electrons. The van der Waals surface area contributed by atoms with Crippen LogP contribution in [0.25, 0.3) is 0 Å². The predicted molar refractivity (Wildman–Crippen MR) is 87.7 cm³/mol. The smallest absolute Gasteiger partial charge is 0.228 e. The number of rotatable bonds is 2. The van der Waals surface area contributed by atoms with Gasteiger partial charge in [-0.05, 0) is 58.8 Å². The standard InChI is InChI=1S/C16H23BrN2O/c1-10-8-12(17)14(9-13(10)18)19-15(20)11-6-4-5-7-16(11,2)3/h8-9,11H,4-7,18H2,1-3H3,(H,19,20). The Balaban J connectivity index is 2.17. The largest absolute Gasteiger partial charge is 0.398 e. The summed E-state index contributed by atoms with van der Waals surface area (Å²) in [6, 6.07) is 3.77. The normalized spacial score (nSPS) is 21.5. The summed E-state index contributed by atoms with van der Waals surface area (Å²) >= 11 is 3.49. The van der Waals surface area contributed by atoms with E-state index in [1.807, 2.05) is 19.1 Å². The lowest BCUT2D eigenvalue weighted by molar-refractivity contribution is -0.124. The Bertz CT molecular complexity index is 525. The number of hydrogen-bond donors (Lipinski definition) is 2. The minimum absolute atomic E-state index is 0.0745. The number of aryl methyl sites for hydroxylation is 1. The summed E-state index contributed by atoms with van der Waals surface area (Å²) in [5.41, 5.74) is 8.47. The first-order chi connectivity index (χ1) is 9.31. The van der Waals surface area contributed by atoms with Crippen LogP contribution in [0.2, 0.25) is 0 Å². The van der Waals surface area contributed by atoms with Crippen molar-refractivity contribution in [2.24, 2.45) is 11.3 Å². The van der Waals surface area contributed by atoms with Gasteiger partial charge < -0.3 is 11.1 Å². The molecule has 1 aliphatic rings. The number of carbonyl (C=O) groups is 1. The molecule has 0 radical (unpaired) electrons. The van der Waals surface area contributed by atoms with Crippen molar-refractivity contribution in [2.45, 2.75) is 46.5 Å². The molecule has 4 heteroatoms. The summed E-state index contributed by atoms with van der Waals surface area (Å²) in [6.07, 6.45) is 4.44. The second-order valence-corrected chi connectivity index (χ2v) is 7.32. The Morgan fingerprint density at radius 3 is 2.75 bits per heavy atom. The van der Waals surface area contributed by atoms with Gasteiger partial charge in [-0.25, -0.2) is 0 Å². The third-order valence-electron chi connectivity index (χ3n) is 4.44. The Hall–Kier alpha value is -1.03. The molecule has 2 rings (SSSR count). The van der Waals surface area contributed by atoms with Crippen molar-refractivity contribution in [2.75, 3.05) is 11.1 Å². The third kappa shape index (κ3) is 3.17. The van der Waals surface area contributed by atoms with Gasteiger partial charge in [0.15, 0.2) is 0 Å². The number of benzene rings is 1. The van der Waals surface area contributed by atoms with Crippen LogP contribution in [0.15, 0.2) is 16.6 Å². The number of anilines is 2. The minimum atomic E-state index is 0.0745. The Morgan fingerprint density at radius 1 is 1.40 bits per heavy atom. The van der Waals surface area contributed by atoms with E-state index in [0.29, 0.717) is 5.69 Å². The molecule has 1 saturated carbocycles. The summed E-state index contributed by atoms with van der Waals surface area (Å²) < 4.78 is 0.881. The van der Waals surface area contributed by atoms with E-state index in [4.69, 9.17) is 5.73 Å². The zero-order chi connectivity index (χ0) is 14.9. The van der Waals surface area contributed by atoms with Gasteiger partial charge in [-0.2, -0.15) is 0 Å². The lowest BCUT2D eigenvalue weighted by atomic mass is 9.68. The quantitative estimate of drug-likeness (QED) is 0.780. The first-order valence-electron chi connectivity index (χ1n) is 7.18. The Kier molecular flexibility index (Phi) is 4.43. The average Bonchev–Trinajstić information content (AvgIpc) is 2.35. The molecular formula is C16H23BrN2O. The number of nitrogen functional groups attached to an aromatic ring is 1. The lowest BCUT2D eigenvalue weighted by Crippen LogP contribution is -2.37. The van der Waals surface area contributed by atoms with Crippen molar-refractivity contribution in [3.05, 3.63) is 22.2 Å². The highest BCUT2D eigenvalue weighted by Crippen LogP contribution is 2.41. The SMILES string of the molecule is Cc1cc(Br)c(NC(=O)C2CCCCC2(C)C)cc1N. The molecule has 0 aliphatic heterocycles. The highest BCUT2D eigenvalue weighted by Gasteiger charge is 2.37. The van der Waals surface area contributed by atoms with E-state index in [-0.39, 0.29) is 17.2 Å². The highest BCUT2D eigenvalue weighted by atomic mass is 79.9. The van der Waals surface area contributed by atoms with Gasteiger partial charge in [-0.15, -0.1) is 0 Å². The number of nitrogens with one attached hydrogen (secondary N) is 1. The van der Waals surface area contributed by atoms with Crippen LogP contribution in [-0.4, -0.2) is 5.91 Å². The van der Waals surface area contributed by atoms with E-state index >= 15 is 0 Å². The second kappa shape index (κ2) is 5.76. The molecule has 1 fully saturated rings. The van der Waals surface area contributed by atoms with Crippen molar-refractivity contribution in [3.8, 4) is 0 Å². The molecule has 3 nitrogen and oxygen atoms in total. The maximum atomic E-state index is 12.6. The summed E-state index contributed by atoms with van der Waals surface area (Å²) in [7, 11) is 0. The number of nitrogens with two attached hydrogens (primary N) is 1. The van der Waals surface area contributed by atoms with Crippen LogP contribution in [0.3, 0.4) is 0 Å². The first-order valence-corrected chi connectivity index (χ1v) is 7.97. The number of amides is 1. The summed E-state index contributed by atoms with van der Waals surface area (Å²) in [5, 5.41) is 3.04. The van der Waals surface area contributed by atoms with Gasteiger partial charge >= 0.3 is 0 Å². The van der Waals surface area contributed by atoms with Crippen LogP contribution in [-0.2, 0) is 4.79 Å². The summed E-state index contributed by atoms with van der Waals surface area (Å²) in [5.74, 6) is 0.185. The molecule has 0 saturated heterocycles. The monoisotopic (exact) mass is 338 g/mol. The second-order valence-electron chi connectivity index (χ2n) is 6.46. The molecule has 0 bridgehead atoms. The Morgan fingerprint density at radius 2 is 2.10 bits per heavy atom. The van der Waals surface area contributed by atoms with Crippen LogP contribution in [0.1, 0.15) is 45.1 Å². The van der Waals surface area contributed by atoms with Crippen LogP contribution in [0.5, 0.6) is 0 Å². The van der Waals surface area contributed by atoms with E-state index in [0.717, 1.165) is 35.0 Å². The summed E-state index contributed by atoms with van der Waals surface area (Å²) in [6.45, 7) is 6.33. The zero-order valence-electron chi connectivity index (χ0n) is 12.4. The van der Waals surface area contributed by atoms with Gasteiger partial charge in [-0.1, -0.05) is 26.7 Å². The molecule has 0 spiro atoms. The van der Waals surface area contributed by atoms with Gasteiger partial charge in [0, 0.05) is 16.1 Å². The van der Waals surface area contributed by atoms with Gasteiger partial charge in [0.05, 0.1) is 5.69 Å². The van der Waals surface area contributed by atoms with Crippen molar-refractivity contribution >= 4 is 33.2 Å². The maximum absolute atomic E-state index is 12.6. The average molecular weight is 339 g/mol. The van der Waals surface area contributed by atoms with Gasteiger partial charge in [-0.3, -0.25) is 4.79 Å². The lowest BCUT2D eigenvalue weighted by Gasteiger charge is -2.37. The molecule has 1 amide bonds. The molecule has 0 heterocycles. The molecule has 0 aromatic heterocycles. The van der Waals surface area contributed by atoms with E-state index in [1.165, 1.54) is 6.42 Å². The molecule has 1 atom stereocenters. The third-order valence-corrected chi connectivity index (χ3v) is 5.09. The van der Waals surface area contributed by atoms with Crippen molar-refractivity contribution < 1.29 is 4.79 Å². The van der Waals surface area contributed by atoms with E-state index in [1.54, 1.807) is 0 Å². The molecule has 1 unspecified atom stereocenters. The van der Waals surface area contributed by atoms with Crippen LogP contribution < -0.4 is 11.1 Å². The van der Waals surface area contributed by atoms with Crippen LogP contribution >= 0.6 is 15.9 Å². The fourth-order valence-electron chi connectivity index (χ4n) is 2.99. The van der Waals surface area contributed by atoms with E-state index < -0.39 is 0 Å². The maximum Gasteiger partial charge on any atom is 0.228 e. The molecule has 20 heavy (non-hydrogen) atoms. The highest BCUT2D eigenvalue weighted by molar-refractivity contribution is 9.10. The molecule has 3 N–H and O–H groups in total. The first kappa shape index (κ1) is 15.4. The number of hydrogen-bond acceptors (Lipinski definition) is 2. The van der Waals surface area contributed by atoms with Crippen molar-refractivity contribution in [1.82, 2.24) is 0 Å². The van der Waals surface area contributed by atoms with Gasteiger partial charge in [0.1, 0.15) is 0 Å². The molecule has 1 aromatic rings. The molecule has 1 aromatic carbocycles. The Labute approximate surface area is 129 Å². The fourth-order valence-corrected chi connectivity index (χ4v) is 3.54. The van der Waals surface area contributed by atoms with Gasteiger partial charge in [0.2, 0.25) is 5.91 Å². The molecule has 1 aliphatic carbocycles. The molecular weight excluding hydrogens is 316 g/mol. The van der Waals surface area contributed by atoms with E-state index in [9.17, 15) is 4.79 Å². The number of carbonyl (C=O) groups excluding carboxylic acids is 1. The van der Waals surface area contributed by atoms with Crippen molar-refractivity contribution in [1.29, 1.82) is 0 Å². The summed E-state index contributed by atoms with van der Waals surface area (Å²) in [4.78, 5) is 12.6. The zero-order valence-corrected chi connectivity index (χ0v) is 14.0.